The number of aryl methyl sites for hydroxylation is 1. The lowest BCUT2D eigenvalue weighted by atomic mass is 9.58. The van der Waals surface area contributed by atoms with Gasteiger partial charge in [-0.25, -0.2) is 0 Å². The van der Waals surface area contributed by atoms with E-state index in [0.717, 1.165) is 18.5 Å². The molecular formula is C14H21N3O3. The third-order valence-electron chi connectivity index (χ3n) is 4.80. The molecule has 3 rings (SSSR count). The van der Waals surface area contributed by atoms with Crippen LogP contribution in [0.2, 0.25) is 0 Å². The molecule has 1 aliphatic heterocycles. The fraction of sp³-hybridized carbons (Fsp3) is 0.714. The van der Waals surface area contributed by atoms with Gasteiger partial charge in [0.05, 0.1) is 6.10 Å². The first-order valence-corrected chi connectivity index (χ1v) is 7.15. The van der Waals surface area contributed by atoms with Crippen molar-refractivity contribution in [2.45, 2.75) is 44.9 Å². The summed E-state index contributed by atoms with van der Waals surface area (Å²) < 4.78 is 7.05. The molecule has 6 nitrogen and oxygen atoms in total. The van der Waals surface area contributed by atoms with Gasteiger partial charge in [-0.2, -0.15) is 5.10 Å². The van der Waals surface area contributed by atoms with Crippen LogP contribution < -0.4 is 5.32 Å². The lowest BCUT2D eigenvalue weighted by Gasteiger charge is -2.55. The predicted molar refractivity (Wildman–Crippen MR) is 72.0 cm³/mol. The Kier molecular flexibility index (Phi) is 3.52. The van der Waals surface area contributed by atoms with Gasteiger partial charge < -0.3 is 15.2 Å². The van der Waals surface area contributed by atoms with Gasteiger partial charge in [0.15, 0.2) is 0 Å². The smallest absolute Gasteiger partial charge is 0.241 e. The number of nitrogens with one attached hydrogen (secondary N) is 1. The highest BCUT2D eigenvalue weighted by molar-refractivity contribution is 5.76. The van der Waals surface area contributed by atoms with E-state index in [-0.39, 0.29) is 30.0 Å². The van der Waals surface area contributed by atoms with Crippen molar-refractivity contribution in [3.05, 3.63) is 18.0 Å². The number of rotatable bonds is 3. The Hall–Kier alpha value is -1.40. The topological polar surface area (TPSA) is 76.4 Å². The summed E-state index contributed by atoms with van der Waals surface area (Å²) in [6.45, 7) is 3.49. The van der Waals surface area contributed by atoms with Gasteiger partial charge in [0.1, 0.15) is 6.54 Å². The minimum absolute atomic E-state index is 0.0421. The van der Waals surface area contributed by atoms with E-state index in [1.54, 1.807) is 10.9 Å². The van der Waals surface area contributed by atoms with E-state index < -0.39 is 0 Å². The van der Waals surface area contributed by atoms with Crippen molar-refractivity contribution in [2.24, 2.45) is 5.41 Å². The Labute approximate surface area is 118 Å². The average Bonchev–Trinajstić information content (AvgIpc) is 2.85. The van der Waals surface area contributed by atoms with Crippen LogP contribution in [0.3, 0.4) is 0 Å². The van der Waals surface area contributed by atoms with Crippen LogP contribution in [0.15, 0.2) is 12.3 Å². The fourth-order valence-electron chi connectivity index (χ4n) is 3.34. The van der Waals surface area contributed by atoms with Crippen molar-refractivity contribution in [2.75, 3.05) is 13.2 Å². The molecule has 0 bridgehead atoms. The SMILES string of the molecule is Cc1ccnn1CC(=O)N[C@@H]1C[C@@H](O)C12CCOCC2. The highest BCUT2D eigenvalue weighted by Gasteiger charge is 2.55. The Bertz CT molecular complexity index is 494. The molecule has 1 aromatic rings. The van der Waals surface area contributed by atoms with Gasteiger partial charge in [0, 0.05) is 36.6 Å². The third-order valence-corrected chi connectivity index (χ3v) is 4.80. The summed E-state index contributed by atoms with van der Waals surface area (Å²) in [7, 11) is 0. The summed E-state index contributed by atoms with van der Waals surface area (Å²) in [5.41, 5.74) is 0.794. The average molecular weight is 279 g/mol. The van der Waals surface area contributed by atoms with Gasteiger partial charge in [0.2, 0.25) is 5.91 Å². The molecular weight excluding hydrogens is 258 g/mol. The molecule has 20 heavy (non-hydrogen) atoms. The van der Waals surface area contributed by atoms with Gasteiger partial charge >= 0.3 is 0 Å². The molecule has 2 fully saturated rings. The highest BCUT2D eigenvalue weighted by atomic mass is 16.5. The fourth-order valence-corrected chi connectivity index (χ4v) is 3.34. The molecule has 2 atom stereocenters. The third kappa shape index (κ3) is 2.23. The van der Waals surface area contributed by atoms with Crippen LogP contribution in [0.1, 0.15) is 25.0 Å². The number of hydrogen-bond donors (Lipinski definition) is 2. The van der Waals surface area contributed by atoms with Gasteiger partial charge in [-0.05, 0) is 32.3 Å². The maximum Gasteiger partial charge on any atom is 0.241 e. The van der Waals surface area contributed by atoms with E-state index in [2.05, 4.69) is 10.4 Å². The number of aliphatic hydroxyl groups excluding tert-OH is 1. The maximum atomic E-state index is 12.1. The summed E-state index contributed by atoms with van der Waals surface area (Å²) in [6.07, 6.45) is 3.66. The minimum atomic E-state index is -0.317. The van der Waals surface area contributed by atoms with Gasteiger partial charge in [-0.3, -0.25) is 9.48 Å². The van der Waals surface area contributed by atoms with E-state index in [4.69, 9.17) is 4.74 Å². The van der Waals surface area contributed by atoms with Gasteiger partial charge in [-0.15, -0.1) is 0 Å². The number of nitrogens with zero attached hydrogens (tertiary/aromatic N) is 2. The summed E-state index contributed by atoms with van der Waals surface area (Å²) >= 11 is 0. The molecule has 6 heteroatoms. The summed E-state index contributed by atoms with van der Waals surface area (Å²) in [6, 6.07) is 1.94. The van der Waals surface area contributed by atoms with Crippen LogP contribution in [-0.4, -0.2) is 46.2 Å². The lowest BCUT2D eigenvalue weighted by molar-refractivity contribution is -0.156. The Morgan fingerprint density at radius 3 is 2.95 bits per heavy atom. The number of ether oxygens (including phenoxy) is 1. The molecule has 1 spiro atoms. The Morgan fingerprint density at radius 1 is 1.60 bits per heavy atom. The molecule has 0 unspecified atom stereocenters. The van der Waals surface area contributed by atoms with Crippen LogP contribution in [0, 0.1) is 12.3 Å². The Morgan fingerprint density at radius 2 is 2.35 bits per heavy atom. The number of amides is 1. The van der Waals surface area contributed by atoms with Gasteiger partial charge in [0.25, 0.3) is 0 Å². The van der Waals surface area contributed by atoms with Crippen LogP contribution >= 0.6 is 0 Å². The zero-order valence-electron chi connectivity index (χ0n) is 11.7. The maximum absolute atomic E-state index is 12.1. The zero-order chi connectivity index (χ0) is 14.2. The van der Waals surface area contributed by atoms with E-state index in [1.807, 2.05) is 13.0 Å². The largest absolute Gasteiger partial charge is 0.392 e. The lowest BCUT2D eigenvalue weighted by Crippen LogP contribution is -2.65. The van der Waals surface area contributed by atoms with E-state index >= 15 is 0 Å². The summed E-state index contributed by atoms with van der Waals surface area (Å²) in [5, 5.41) is 17.3. The normalized spacial score (nSPS) is 28.1. The van der Waals surface area contributed by atoms with E-state index in [1.165, 1.54) is 0 Å². The number of aromatic nitrogens is 2. The molecule has 1 saturated heterocycles. The molecule has 0 aromatic carbocycles. The standard InChI is InChI=1S/C14H21N3O3/c1-10-2-5-15-17(10)9-13(19)16-11-8-12(18)14(11)3-6-20-7-4-14/h2,5,11-12,18H,3-4,6-9H2,1H3,(H,16,19)/t11-,12-/m1/s1. The van der Waals surface area contributed by atoms with E-state index in [9.17, 15) is 9.90 Å². The highest BCUT2D eigenvalue weighted by Crippen LogP contribution is 2.48. The molecule has 1 aliphatic carbocycles. The van der Waals surface area contributed by atoms with Crippen LogP contribution in [0.25, 0.3) is 0 Å². The predicted octanol–water partition coefficient (Wildman–Crippen LogP) is 0.238. The second-order valence-electron chi connectivity index (χ2n) is 5.85. The molecule has 1 aromatic heterocycles. The van der Waals surface area contributed by atoms with Crippen molar-refractivity contribution < 1.29 is 14.6 Å². The number of hydrogen-bond acceptors (Lipinski definition) is 4. The molecule has 2 heterocycles. The number of carbonyl (C=O) groups is 1. The molecule has 110 valence electrons. The molecule has 2 aliphatic rings. The summed E-state index contributed by atoms with van der Waals surface area (Å²) in [4.78, 5) is 12.1. The molecule has 2 N–H and O–H groups in total. The van der Waals surface area contributed by atoms with Crippen LogP contribution in [0.5, 0.6) is 0 Å². The monoisotopic (exact) mass is 279 g/mol. The van der Waals surface area contributed by atoms with Crippen molar-refractivity contribution in [1.82, 2.24) is 15.1 Å². The number of carbonyl (C=O) groups excluding carboxylic acids is 1. The van der Waals surface area contributed by atoms with Crippen LogP contribution in [-0.2, 0) is 16.1 Å². The first kappa shape index (κ1) is 13.6. The Balaban J connectivity index is 1.60. The second kappa shape index (κ2) is 5.18. The van der Waals surface area contributed by atoms with Crippen molar-refractivity contribution in [3.8, 4) is 0 Å². The second-order valence-corrected chi connectivity index (χ2v) is 5.85. The quantitative estimate of drug-likeness (QED) is 0.831. The van der Waals surface area contributed by atoms with Crippen molar-refractivity contribution in [3.63, 3.8) is 0 Å². The van der Waals surface area contributed by atoms with Crippen molar-refractivity contribution >= 4 is 5.91 Å². The molecule has 1 amide bonds. The summed E-state index contributed by atoms with van der Waals surface area (Å²) in [5.74, 6) is -0.0421. The molecule has 0 radical (unpaired) electrons. The zero-order valence-corrected chi connectivity index (χ0v) is 11.7. The van der Waals surface area contributed by atoms with Crippen molar-refractivity contribution in [1.29, 1.82) is 0 Å². The van der Waals surface area contributed by atoms with Gasteiger partial charge in [-0.1, -0.05) is 0 Å². The minimum Gasteiger partial charge on any atom is -0.392 e. The van der Waals surface area contributed by atoms with Crippen LogP contribution in [0.4, 0.5) is 0 Å². The number of aliphatic hydroxyl groups is 1. The first-order valence-electron chi connectivity index (χ1n) is 7.15. The van der Waals surface area contributed by atoms with E-state index in [0.29, 0.717) is 19.6 Å². The molecule has 1 saturated carbocycles. The first-order chi connectivity index (χ1) is 9.62.